The van der Waals surface area contributed by atoms with Gasteiger partial charge in [0.1, 0.15) is 12.2 Å². The molecular weight excluding hydrogens is 777 g/mol. The third kappa shape index (κ3) is 27.3. The maximum absolute atomic E-state index is 14.1. The largest absolute Gasteiger partial charge is 0.481 e. The van der Waals surface area contributed by atoms with E-state index in [1.807, 2.05) is 0 Å². The Morgan fingerprint density at radius 2 is 1.15 bits per heavy atom. The Bertz CT molecular complexity index is 1170. The molecule has 1 aliphatic heterocycles. The number of carbonyl (C=O) groups excluding carboxylic acids is 3. The molecule has 3 amide bonds. The molecule has 8 N–H and O–H groups in total. The van der Waals surface area contributed by atoms with Crippen molar-refractivity contribution in [2.24, 2.45) is 5.73 Å². The summed E-state index contributed by atoms with van der Waals surface area (Å²) in [5.41, 5.74) is 5.66. The van der Waals surface area contributed by atoms with E-state index in [1.165, 1.54) is 114 Å². The minimum atomic E-state index is -1.91. The van der Waals surface area contributed by atoms with E-state index in [0.29, 0.717) is 12.8 Å². The van der Waals surface area contributed by atoms with Gasteiger partial charge in [-0.2, -0.15) is 0 Å². The number of nitrogens with two attached hydrogens (primary N) is 1. The average Bonchev–Trinajstić information content (AvgIpc) is 3.23. The summed E-state index contributed by atoms with van der Waals surface area (Å²) in [7, 11) is 0. The summed E-state index contributed by atoms with van der Waals surface area (Å²) in [6.07, 6.45) is 33.3. The molecule has 1 saturated heterocycles. The number of rotatable bonds is 40. The number of nitrogens with zero attached hydrogens (tertiary/aromatic N) is 1. The van der Waals surface area contributed by atoms with E-state index >= 15 is 0 Å². The molecule has 356 valence electrons. The Balaban J connectivity index is 2.81. The van der Waals surface area contributed by atoms with Gasteiger partial charge in [-0.1, -0.05) is 174 Å². The molecule has 1 heterocycles. The van der Waals surface area contributed by atoms with Gasteiger partial charge in [0.25, 0.3) is 0 Å². The highest BCUT2D eigenvalue weighted by Crippen LogP contribution is 2.32. The third-order valence-corrected chi connectivity index (χ3v) is 11.9. The van der Waals surface area contributed by atoms with Crippen LogP contribution in [-0.2, 0) is 23.9 Å². The first-order valence-corrected chi connectivity index (χ1v) is 24.7. The number of hydrogen-bond donors (Lipinski definition) is 7. The first kappa shape index (κ1) is 56.4. The lowest BCUT2D eigenvalue weighted by Gasteiger charge is -2.50. The van der Waals surface area contributed by atoms with Crippen molar-refractivity contribution in [1.82, 2.24) is 15.5 Å². The van der Waals surface area contributed by atoms with Gasteiger partial charge < -0.3 is 41.5 Å². The SMILES string of the molecule is CCCCCCCC/C=C\CCCCCCCC(=O)N(CCCCCCCCCCCCCCCCCC)[C@@]1(NC(=O)CNC(=O)[C@@H](N)CC(=O)O)C[C@@H](O)[C@H](O)[C@@H](CO)O1. The topological polar surface area (TPSA) is 212 Å². The second kappa shape index (κ2) is 36.9. The number of aliphatic carboxylic acids is 1. The number of amides is 3. The predicted molar refractivity (Wildman–Crippen MR) is 243 cm³/mol. The van der Waals surface area contributed by atoms with Crippen molar-refractivity contribution >= 4 is 23.7 Å². The fourth-order valence-electron chi connectivity index (χ4n) is 8.14. The third-order valence-electron chi connectivity index (χ3n) is 11.9. The molecule has 13 nitrogen and oxygen atoms in total. The number of allylic oxidation sites excluding steroid dienone is 2. The molecule has 13 heteroatoms. The van der Waals surface area contributed by atoms with E-state index in [9.17, 15) is 34.5 Å². The summed E-state index contributed by atoms with van der Waals surface area (Å²) < 4.78 is 6.17. The van der Waals surface area contributed by atoms with Crippen LogP contribution < -0.4 is 16.4 Å². The lowest BCUT2D eigenvalue weighted by molar-refractivity contribution is -0.280. The standard InChI is InChI=1S/C48H90N4O9/c1-3-5-7-9-11-13-15-17-19-21-23-25-27-29-31-33-35-52(44(56)34-32-30-28-26-24-22-20-18-16-14-12-10-8-6-4-2)48(37-41(54)46(59)42(39-53)61-48)51-43(55)38-50-47(60)40(49)36-45(57)58/h18,20,40-42,46,53-54,59H,3-17,19,21-39,49H2,1-2H3,(H,50,60)(H,51,55)(H,57,58)/b20-18-/t40-,41+,42+,46-,48-/m0/s1. The van der Waals surface area contributed by atoms with Crippen LogP contribution >= 0.6 is 0 Å². The van der Waals surface area contributed by atoms with Gasteiger partial charge in [-0.25, -0.2) is 0 Å². The van der Waals surface area contributed by atoms with Crippen LogP contribution in [0.25, 0.3) is 0 Å². The molecule has 1 rings (SSSR count). The second-order valence-electron chi connectivity index (χ2n) is 17.5. The van der Waals surface area contributed by atoms with Gasteiger partial charge in [-0.05, 0) is 38.5 Å². The van der Waals surface area contributed by atoms with Crippen LogP contribution in [0.5, 0.6) is 0 Å². The number of aliphatic hydroxyl groups excluding tert-OH is 3. The number of carboxylic acids is 1. The molecule has 1 aliphatic rings. The minimum Gasteiger partial charge on any atom is -0.481 e. The molecule has 1 fully saturated rings. The van der Waals surface area contributed by atoms with Gasteiger partial charge in [0.15, 0.2) is 0 Å². The molecule has 0 bridgehead atoms. The van der Waals surface area contributed by atoms with E-state index < -0.39 is 67.6 Å². The van der Waals surface area contributed by atoms with Crippen molar-refractivity contribution in [1.29, 1.82) is 0 Å². The highest BCUT2D eigenvalue weighted by atomic mass is 16.6. The Kier molecular flexibility index (Phi) is 34.1. The quantitative estimate of drug-likeness (QED) is 0.0178. The van der Waals surface area contributed by atoms with Crippen LogP contribution in [0.2, 0.25) is 0 Å². The fraction of sp³-hybridized carbons (Fsp3) is 0.875. The van der Waals surface area contributed by atoms with Crippen LogP contribution in [0.15, 0.2) is 12.2 Å². The Morgan fingerprint density at radius 1 is 0.705 bits per heavy atom. The Labute approximate surface area is 369 Å². The van der Waals surface area contributed by atoms with E-state index in [-0.39, 0.29) is 25.3 Å². The Hall–Kier alpha value is -2.58. The smallest absolute Gasteiger partial charge is 0.305 e. The molecular formula is C48H90N4O9. The summed E-state index contributed by atoms with van der Waals surface area (Å²) in [6, 6.07) is -1.37. The molecule has 61 heavy (non-hydrogen) atoms. The van der Waals surface area contributed by atoms with Crippen LogP contribution in [-0.4, -0.2) is 98.9 Å². The number of aliphatic hydroxyl groups is 3. The molecule has 0 radical (unpaired) electrons. The van der Waals surface area contributed by atoms with Crippen molar-refractivity contribution in [3.63, 3.8) is 0 Å². The zero-order chi connectivity index (χ0) is 45.0. The number of unbranched alkanes of at least 4 members (excludes halogenated alkanes) is 26. The van der Waals surface area contributed by atoms with Crippen molar-refractivity contribution in [3.05, 3.63) is 12.2 Å². The van der Waals surface area contributed by atoms with Gasteiger partial charge in [-0.3, -0.25) is 24.1 Å². The molecule has 0 aromatic heterocycles. The van der Waals surface area contributed by atoms with Crippen LogP contribution in [0.4, 0.5) is 0 Å². The molecule has 0 aliphatic carbocycles. The van der Waals surface area contributed by atoms with Crippen LogP contribution in [0.3, 0.4) is 0 Å². The van der Waals surface area contributed by atoms with E-state index in [2.05, 4.69) is 36.6 Å². The normalized spacial score (nSPS) is 19.5. The fourth-order valence-corrected chi connectivity index (χ4v) is 8.14. The zero-order valence-corrected chi connectivity index (χ0v) is 38.6. The van der Waals surface area contributed by atoms with E-state index in [1.54, 1.807) is 0 Å². The Morgan fingerprint density at radius 3 is 1.61 bits per heavy atom. The van der Waals surface area contributed by atoms with Crippen LogP contribution in [0.1, 0.15) is 219 Å². The maximum atomic E-state index is 14.1. The minimum absolute atomic E-state index is 0.182. The molecule has 0 saturated carbocycles. The average molecular weight is 867 g/mol. The monoisotopic (exact) mass is 867 g/mol. The maximum Gasteiger partial charge on any atom is 0.305 e. The summed E-state index contributed by atoms with van der Waals surface area (Å²) in [5, 5.41) is 45.8. The predicted octanol–water partition coefficient (Wildman–Crippen LogP) is 8.31. The summed E-state index contributed by atoms with van der Waals surface area (Å²) in [6.45, 7) is 3.42. The van der Waals surface area contributed by atoms with Crippen LogP contribution in [0, 0.1) is 0 Å². The first-order chi connectivity index (χ1) is 29.5. The van der Waals surface area contributed by atoms with Crippen molar-refractivity contribution < 1.29 is 44.3 Å². The van der Waals surface area contributed by atoms with Gasteiger partial charge in [0, 0.05) is 19.4 Å². The van der Waals surface area contributed by atoms with Gasteiger partial charge in [0.05, 0.1) is 31.7 Å². The summed E-state index contributed by atoms with van der Waals surface area (Å²) >= 11 is 0. The molecule has 0 aromatic rings. The van der Waals surface area contributed by atoms with Crippen molar-refractivity contribution in [2.45, 2.75) is 250 Å². The number of carbonyl (C=O) groups is 4. The van der Waals surface area contributed by atoms with Crippen molar-refractivity contribution in [2.75, 3.05) is 19.7 Å². The molecule has 0 aromatic carbocycles. The number of nitrogens with one attached hydrogen (secondary N) is 2. The van der Waals surface area contributed by atoms with Gasteiger partial charge >= 0.3 is 5.97 Å². The van der Waals surface area contributed by atoms with Gasteiger partial charge in [0.2, 0.25) is 23.6 Å². The van der Waals surface area contributed by atoms with E-state index in [4.69, 9.17) is 15.6 Å². The van der Waals surface area contributed by atoms with E-state index in [0.717, 1.165) is 64.2 Å². The highest BCUT2D eigenvalue weighted by Gasteiger charge is 2.52. The summed E-state index contributed by atoms with van der Waals surface area (Å²) in [4.78, 5) is 52.4. The number of hydrogen-bond acceptors (Lipinski definition) is 9. The zero-order valence-electron chi connectivity index (χ0n) is 38.6. The second-order valence-corrected chi connectivity index (χ2v) is 17.5. The lowest BCUT2D eigenvalue weighted by Crippen LogP contribution is -2.72. The summed E-state index contributed by atoms with van der Waals surface area (Å²) in [5.74, 6) is -5.08. The van der Waals surface area contributed by atoms with Crippen molar-refractivity contribution in [3.8, 4) is 0 Å². The molecule has 0 unspecified atom stereocenters. The highest BCUT2D eigenvalue weighted by molar-refractivity contribution is 5.90. The lowest BCUT2D eigenvalue weighted by atomic mass is 9.96. The molecule has 5 atom stereocenters. The molecule has 0 spiro atoms. The van der Waals surface area contributed by atoms with Gasteiger partial charge in [-0.15, -0.1) is 0 Å². The first-order valence-electron chi connectivity index (χ1n) is 24.7. The number of ether oxygens (including phenoxy) is 1. The number of carboxylic acid groups (broad SMARTS) is 1.